The first-order valence-corrected chi connectivity index (χ1v) is 15.4. The van der Waals surface area contributed by atoms with E-state index in [2.05, 4.69) is 10.2 Å². The van der Waals surface area contributed by atoms with E-state index in [1.165, 1.54) is 54.6 Å². The van der Waals surface area contributed by atoms with Crippen molar-refractivity contribution >= 4 is 49.6 Å². The second-order valence-corrected chi connectivity index (χ2v) is 11.6. The van der Waals surface area contributed by atoms with Crippen LogP contribution in [0.15, 0.2) is 93.3 Å². The van der Waals surface area contributed by atoms with Crippen LogP contribution in [0.2, 0.25) is 0 Å². The van der Waals surface area contributed by atoms with E-state index < -0.39 is 44.6 Å². The number of amides is 1. The highest BCUT2D eigenvalue weighted by molar-refractivity contribution is 7.86. The minimum Gasteiger partial charge on any atom is -0.493 e. The molecule has 0 aliphatic carbocycles. The molecular weight excluding hydrogens is 620 g/mol. The topological polar surface area (TPSA) is 226 Å². The Morgan fingerprint density at radius 1 is 0.909 bits per heavy atom. The van der Waals surface area contributed by atoms with Crippen molar-refractivity contribution in [2.75, 3.05) is 18.2 Å². The molecule has 1 aliphatic rings. The Balaban J connectivity index is 1.59. The van der Waals surface area contributed by atoms with E-state index in [4.69, 9.17) is 9.29 Å². The molecule has 0 bridgehead atoms. The van der Waals surface area contributed by atoms with E-state index in [-0.39, 0.29) is 50.3 Å². The van der Waals surface area contributed by atoms with E-state index in [9.17, 15) is 41.2 Å². The number of aromatic hydroxyl groups is 1. The van der Waals surface area contributed by atoms with Crippen molar-refractivity contribution in [1.82, 2.24) is 9.78 Å². The number of ether oxygens (including phenoxy) is 1. The number of carbonyl (C=O) groups excluding carboxylic acids is 2. The molecule has 2 heterocycles. The highest BCUT2D eigenvalue weighted by Crippen LogP contribution is 2.28. The Bertz CT molecular complexity index is 1940. The molecule has 17 heteroatoms. The van der Waals surface area contributed by atoms with Gasteiger partial charge in [0.15, 0.2) is 5.69 Å². The fourth-order valence-corrected chi connectivity index (χ4v) is 4.87. The molecule has 44 heavy (non-hydrogen) atoms. The van der Waals surface area contributed by atoms with Gasteiger partial charge in [-0.05, 0) is 67.6 Å². The number of rotatable bonds is 10. The van der Waals surface area contributed by atoms with Crippen LogP contribution < -0.4 is 5.01 Å². The summed E-state index contributed by atoms with van der Waals surface area (Å²) in [5, 5.41) is 29.6. The summed E-state index contributed by atoms with van der Waals surface area (Å²) >= 11 is 0. The Hall–Kier alpha value is -4.94. The minimum absolute atomic E-state index is 0.0244. The van der Waals surface area contributed by atoms with Crippen molar-refractivity contribution in [3.63, 3.8) is 0 Å². The lowest BCUT2D eigenvalue weighted by atomic mass is 10.1. The summed E-state index contributed by atoms with van der Waals surface area (Å²) in [4.78, 5) is 24.7. The van der Waals surface area contributed by atoms with Crippen molar-refractivity contribution in [3.05, 3.63) is 89.7 Å². The molecule has 0 fully saturated rings. The average Bonchev–Trinajstić information content (AvgIpc) is 3.48. The van der Waals surface area contributed by atoms with Crippen molar-refractivity contribution in [3.8, 4) is 11.6 Å². The molecule has 0 saturated heterocycles. The molecule has 2 aromatic carbocycles. The third kappa shape index (κ3) is 6.82. The van der Waals surface area contributed by atoms with Gasteiger partial charge in [-0.3, -0.25) is 13.9 Å². The number of anilines is 1. The standard InChI is InChI=1S/C27H24N4O11S2/c1-2-42-27(35)24-22(26(34)31(29-24)18-10-14-20(15-11-18)44(39,40)41)7-5-3-4-6-21-23(16-32)28-30(25(21)33)17-8-12-19(13-9-17)43(36,37)38/h3-15,32,34H,2,16H2,1H3,(H,36,37,38)(H,39,40,41)/b4-3?,7-5?,21-6-. The van der Waals surface area contributed by atoms with Gasteiger partial charge in [-0.1, -0.05) is 18.2 Å². The molecule has 4 rings (SSSR count). The molecule has 0 unspecified atom stereocenters. The summed E-state index contributed by atoms with van der Waals surface area (Å²) in [5.41, 5.74) is 0.148. The smallest absolute Gasteiger partial charge is 0.359 e. The lowest BCUT2D eigenvalue weighted by Gasteiger charge is -2.11. The molecule has 0 saturated carbocycles. The number of aromatic nitrogens is 2. The lowest BCUT2D eigenvalue weighted by molar-refractivity contribution is -0.114. The maximum Gasteiger partial charge on any atom is 0.359 e. The third-order valence-electron chi connectivity index (χ3n) is 5.98. The van der Waals surface area contributed by atoms with Crippen molar-refractivity contribution in [1.29, 1.82) is 0 Å². The van der Waals surface area contributed by atoms with Gasteiger partial charge >= 0.3 is 5.97 Å². The number of hydrazone groups is 1. The quantitative estimate of drug-likeness (QED) is 0.108. The number of nitrogens with zero attached hydrogens (tertiary/aromatic N) is 4. The number of carbonyl (C=O) groups is 2. The molecule has 3 aromatic rings. The number of aliphatic hydroxyl groups is 1. The minimum atomic E-state index is -4.45. The third-order valence-corrected chi connectivity index (χ3v) is 7.71. The number of hydrogen-bond donors (Lipinski definition) is 4. The van der Waals surface area contributed by atoms with E-state index in [1.54, 1.807) is 6.92 Å². The number of hydrogen-bond acceptors (Lipinski definition) is 11. The molecule has 0 atom stereocenters. The van der Waals surface area contributed by atoms with Crippen LogP contribution in [0.25, 0.3) is 11.8 Å². The van der Waals surface area contributed by atoms with E-state index in [0.29, 0.717) is 0 Å². The second-order valence-electron chi connectivity index (χ2n) is 8.80. The summed E-state index contributed by atoms with van der Waals surface area (Å²) in [5.74, 6) is -1.94. The molecule has 1 aromatic heterocycles. The van der Waals surface area contributed by atoms with Gasteiger partial charge in [0.05, 0.1) is 51.2 Å². The fourth-order valence-electron chi connectivity index (χ4n) is 3.91. The Morgan fingerprint density at radius 2 is 1.48 bits per heavy atom. The van der Waals surface area contributed by atoms with Crippen LogP contribution in [0, 0.1) is 0 Å². The molecular formula is C27H24N4O11S2. The van der Waals surface area contributed by atoms with Crippen LogP contribution >= 0.6 is 0 Å². The first-order chi connectivity index (χ1) is 20.8. The maximum absolute atomic E-state index is 13.0. The van der Waals surface area contributed by atoms with Gasteiger partial charge in [0.1, 0.15) is 0 Å². The zero-order valence-corrected chi connectivity index (χ0v) is 24.3. The first-order valence-electron chi connectivity index (χ1n) is 12.5. The first kappa shape index (κ1) is 32.0. The fraction of sp³-hybridized carbons (Fsp3) is 0.111. The lowest BCUT2D eigenvalue weighted by Crippen LogP contribution is -2.21. The highest BCUT2D eigenvalue weighted by Gasteiger charge is 2.30. The summed E-state index contributed by atoms with van der Waals surface area (Å²) in [6, 6.07) is 9.40. The predicted octanol–water partition coefficient (Wildman–Crippen LogP) is 2.14. The number of aliphatic hydroxyl groups excluding tert-OH is 1. The predicted molar refractivity (Wildman–Crippen MR) is 156 cm³/mol. The largest absolute Gasteiger partial charge is 0.493 e. The summed E-state index contributed by atoms with van der Waals surface area (Å²) in [6.07, 6.45) is 7.00. The van der Waals surface area contributed by atoms with E-state index in [0.717, 1.165) is 34.0 Å². The van der Waals surface area contributed by atoms with Gasteiger partial charge in [0.2, 0.25) is 5.88 Å². The molecule has 0 spiro atoms. The zero-order chi connectivity index (χ0) is 32.2. The van der Waals surface area contributed by atoms with Crippen LogP contribution in [0.3, 0.4) is 0 Å². The average molecular weight is 645 g/mol. The highest BCUT2D eigenvalue weighted by atomic mass is 32.2. The Kier molecular flexibility index (Phi) is 9.26. The summed E-state index contributed by atoms with van der Waals surface area (Å²) in [7, 11) is -8.89. The molecule has 1 aliphatic heterocycles. The number of benzene rings is 2. The van der Waals surface area contributed by atoms with E-state index in [1.807, 2.05) is 0 Å². The SMILES string of the molecule is CCOC(=O)c1nn(-c2ccc(S(=O)(=O)O)cc2)c(O)c1C=CC=C/C=C1\C(=O)N(c2ccc(S(=O)(=O)O)cc2)N=C1CO. The molecule has 0 radical (unpaired) electrons. The summed E-state index contributed by atoms with van der Waals surface area (Å²) in [6.45, 7) is 1.02. The van der Waals surface area contributed by atoms with Gasteiger partial charge < -0.3 is 14.9 Å². The van der Waals surface area contributed by atoms with Crippen LogP contribution in [0.4, 0.5) is 5.69 Å². The van der Waals surface area contributed by atoms with Crippen molar-refractivity contribution in [2.45, 2.75) is 16.7 Å². The van der Waals surface area contributed by atoms with Crippen molar-refractivity contribution in [2.24, 2.45) is 5.10 Å². The van der Waals surface area contributed by atoms with Gasteiger partial charge in [-0.15, -0.1) is 0 Å². The van der Waals surface area contributed by atoms with Crippen LogP contribution in [-0.2, 0) is 29.8 Å². The molecule has 230 valence electrons. The van der Waals surface area contributed by atoms with Gasteiger partial charge in [-0.25, -0.2) is 4.79 Å². The van der Waals surface area contributed by atoms with Crippen LogP contribution in [0.5, 0.6) is 5.88 Å². The Morgan fingerprint density at radius 3 is 2.00 bits per heavy atom. The zero-order valence-electron chi connectivity index (χ0n) is 22.7. The number of esters is 1. The van der Waals surface area contributed by atoms with Crippen molar-refractivity contribution < 1.29 is 50.5 Å². The van der Waals surface area contributed by atoms with Crippen LogP contribution in [-0.4, -0.2) is 76.7 Å². The molecule has 15 nitrogen and oxygen atoms in total. The normalized spacial score (nSPS) is 15.1. The number of allylic oxidation sites excluding steroid dienone is 4. The maximum atomic E-state index is 13.0. The Labute approximate surface area is 250 Å². The van der Waals surface area contributed by atoms with E-state index >= 15 is 0 Å². The van der Waals surface area contributed by atoms with Gasteiger partial charge in [0, 0.05) is 0 Å². The van der Waals surface area contributed by atoms with Gasteiger partial charge in [-0.2, -0.15) is 36.7 Å². The monoisotopic (exact) mass is 644 g/mol. The second kappa shape index (κ2) is 12.7. The van der Waals surface area contributed by atoms with Crippen LogP contribution in [0.1, 0.15) is 23.0 Å². The van der Waals surface area contributed by atoms with Gasteiger partial charge in [0.25, 0.3) is 26.1 Å². The molecule has 4 N–H and O–H groups in total. The summed E-state index contributed by atoms with van der Waals surface area (Å²) < 4.78 is 69.5. The molecule has 1 amide bonds.